The van der Waals surface area contributed by atoms with E-state index in [9.17, 15) is 14.4 Å². The number of benzene rings is 2. The van der Waals surface area contributed by atoms with Crippen molar-refractivity contribution in [3.05, 3.63) is 71.8 Å². The van der Waals surface area contributed by atoms with E-state index >= 15 is 0 Å². The first-order valence-electron chi connectivity index (χ1n) is 8.30. The van der Waals surface area contributed by atoms with Gasteiger partial charge in [-0.25, -0.2) is 0 Å². The van der Waals surface area contributed by atoms with Gasteiger partial charge in [0.2, 0.25) is 0 Å². The fourth-order valence-corrected chi connectivity index (χ4v) is 2.81. The molecule has 0 spiro atoms. The maximum absolute atomic E-state index is 12.7. The number of carbonyl (C=O) groups is 3. The Morgan fingerprint density at radius 1 is 0.920 bits per heavy atom. The van der Waals surface area contributed by atoms with Crippen molar-refractivity contribution < 1.29 is 19.1 Å². The molecular formula is C21H22O4. The van der Waals surface area contributed by atoms with Crippen LogP contribution in [-0.2, 0) is 20.7 Å². The number of Topliss-reactive ketones (excluding diaryl/α,β-unsaturated/α-hetero) is 2. The van der Waals surface area contributed by atoms with Crippen LogP contribution < -0.4 is 0 Å². The third kappa shape index (κ3) is 4.41. The van der Waals surface area contributed by atoms with Crippen LogP contribution in [0.15, 0.2) is 60.7 Å². The molecule has 2 aromatic carbocycles. The van der Waals surface area contributed by atoms with Crippen molar-refractivity contribution in [3.63, 3.8) is 0 Å². The zero-order valence-corrected chi connectivity index (χ0v) is 14.5. The van der Waals surface area contributed by atoms with Gasteiger partial charge in [0.25, 0.3) is 0 Å². The van der Waals surface area contributed by atoms with Crippen LogP contribution >= 0.6 is 0 Å². The van der Waals surface area contributed by atoms with Gasteiger partial charge in [-0.2, -0.15) is 0 Å². The lowest BCUT2D eigenvalue weighted by Gasteiger charge is -2.28. The number of carbonyl (C=O) groups excluding carboxylic acids is 3. The van der Waals surface area contributed by atoms with Gasteiger partial charge in [0.05, 0.1) is 6.61 Å². The molecule has 0 amide bonds. The monoisotopic (exact) mass is 338 g/mol. The Morgan fingerprint density at radius 3 is 2.00 bits per heavy atom. The maximum atomic E-state index is 12.7. The standard InChI is InChI=1S/C21H22O4/c1-3-25-20(24)21(16(2)22,14-17-10-6-4-7-11-17)15-19(23)18-12-8-5-9-13-18/h4-13H,3,14-15H2,1-2H3/t21-/m1/s1. The average Bonchev–Trinajstić information content (AvgIpc) is 2.62. The summed E-state index contributed by atoms with van der Waals surface area (Å²) < 4.78 is 5.17. The van der Waals surface area contributed by atoms with Crippen LogP contribution in [0, 0.1) is 5.41 Å². The van der Waals surface area contributed by atoms with Crippen molar-refractivity contribution in [1.82, 2.24) is 0 Å². The number of ketones is 2. The molecule has 0 fully saturated rings. The summed E-state index contributed by atoms with van der Waals surface area (Å²) in [7, 11) is 0. The Hall–Kier alpha value is -2.75. The van der Waals surface area contributed by atoms with Gasteiger partial charge in [-0.1, -0.05) is 60.7 Å². The molecule has 2 aromatic rings. The van der Waals surface area contributed by atoms with Crippen molar-refractivity contribution in [1.29, 1.82) is 0 Å². The first-order valence-corrected chi connectivity index (χ1v) is 8.30. The highest BCUT2D eigenvalue weighted by atomic mass is 16.5. The topological polar surface area (TPSA) is 60.4 Å². The maximum Gasteiger partial charge on any atom is 0.320 e. The van der Waals surface area contributed by atoms with E-state index in [4.69, 9.17) is 4.74 Å². The van der Waals surface area contributed by atoms with Crippen molar-refractivity contribution in [3.8, 4) is 0 Å². The summed E-state index contributed by atoms with van der Waals surface area (Å²) in [5, 5.41) is 0. The lowest BCUT2D eigenvalue weighted by Crippen LogP contribution is -2.43. The fourth-order valence-electron chi connectivity index (χ4n) is 2.81. The van der Waals surface area contributed by atoms with Crippen LogP contribution in [0.3, 0.4) is 0 Å². The van der Waals surface area contributed by atoms with Crippen molar-refractivity contribution in [2.45, 2.75) is 26.7 Å². The minimum atomic E-state index is -1.51. The van der Waals surface area contributed by atoms with Gasteiger partial charge in [-0.15, -0.1) is 0 Å². The molecule has 0 bridgehead atoms. The summed E-state index contributed by atoms with van der Waals surface area (Å²) in [6, 6.07) is 17.9. The Bertz CT molecular complexity index is 737. The van der Waals surface area contributed by atoms with Crippen molar-refractivity contribution in [2.24, 2.45) is 5.41 Å². The number of hydrogen-bond acceptors (Lipinski definition) is 4. The van der Waals surface area contributed by atoms with Crippen LogP contribution in [0.2, 0.25) is 0 Å². The molecule has 0 saturated carbocycles. The van der Waals surface area contributed by atoms with Gasteiger partial charge in [-0.05, 0) is 25.8 Å². The Labute approximate surface area is 147 Å². The highest BCUT2D eigenvalue weighted by molar-refractivity contribution is 6.09. The molecule has 2 rings (SSSR count). The zero-order valence-electron chi connectivity index (χ0n) is 14.5. The van der Waals surface area contributed by atoms with E-state index in [1.54, 1.807) is 31.2 Å². The molecule has 0 N–H and O–H groups in total. The minimum Gasteiger partial charge on any atom is -0.465 e. The molecule has 130 valence electrons. The van der Waals surface area contributed by atoms with Crippen LogP contribution in [0.1, 0.15) is 36.2 Å². The van der Waals surface area contributed by atoms with Gasteiger partial charge < -0.3 is 4.74 Å². The van der Waals surface area contributed by atoms with Crippen molar-refractivity contribution in [2.75, 3.05) is 6.61 Å². The Morgan fingerprint density at radius 2 is 1.48 bits per heavy atom. The molecule has 0 radical (unpaired) electrons. The summed E-state index contributed by atoms with van der Waals surface area (Å²) in [6.07, 6.45) is -0.0688. The van der Waals surface area contributed by atoms with Gasteiger partial charge in [0, 0.05) is 12.0 Å². The molecule has 0 aliphatic carbocycles. The molecule has 0 aliphatic rings. The van der Waals surface area contributed by atoms with E-state index in [0.717, 1.165) is 5.56 Å². The van der Waals surface area contributed by atoms with Crippen LogP contribution in [0.4, 0.5) is 0 Å². The van der Waals surface area contributed by atoms with E-state index in [2.05, 4.69) is 0 Å². The lowest BCUT2D eigenvalue weighted by atomic mass is 9.73. The predicted molar refractivity (Wildman–Crippen MR) is 95.3 cm³/mol. The summed E-state index contributed by atoms with van der Waals surface area (Å²) >= 11 is 0. The van der Waals surface area contributed by atoms with Gasteiger partial charge in [0.15, 0.2) is 5.78 Å². The lowest BCUT2D eigenvalue weighted by molar-refractivity contribution is -0.159. The quantitative estimate of drug-likeness (QED) is 0.419. The van der Waals surface area contributed by atoms with E-state index in [-0.39, 0.29) is 31.0 Å². The largest absolute Gasteiger partial charge is 0.465 e. The number of esters is 1. The molecule has 4 nitrogen and oxygen atoms in total. The molecule has 0 unspecified atom stereocenters. The average molecular weight is 338 g/mol. The summed E-state index contributed by atoms with van der Waals surface area (Å²) in [4.78, 5) is 37.9. The number of hydrogen-bond donors (Lipinski definition) is 0. The molecule has 0 aliphatic heterocycles. The molecule has 1 atom stereocenters. The first kappa shape index (κ1) is 18.6. The minimum absolute atomic E-state index is 0.139. The fraction of sp³-hybridized carbons (Fsp3) is 0.286. The van der Waals surface area contributed by atoms with E-state index < -0.39 is 11.4 Å². The highest BCUT2D eigenvalue weighted by Gasteiger charge is 2.46. The van der Waals surface area contributed by atoms with Crippen LogP contribution in [-0.4, -0.2) is 24.1 Å². The van der Waals surface area contributed by atoms with Gasteiger partial charge in [0.1, 0.15) is 11.2 Å². The Kier molecular flexibility index (Phi) is 6.23. The SMILES string of the molecule is CCOC(=O)[C@@](CC(=O)c1ccccc1)(Cc1ccccc1)C(C)=O. The second-order valence-electron chi connectivity index (χ2n) is 5.99. The summed E-state index contributed by atoms with van der Waals surface area (Å²) in [6.45, 7) is 3.19. The van der Waals surface area contributed by atoms with E-state index in [1.807, 2.05) is 36.4 Å². The first-order chi connectivity index (χ1) is 12.0. The third-order valence-electron chi connectivity index (χ3n) is 4.25. The summed E-state index contributed by atoms with van der Waals surface area (Å²) in [5.74, 6) is -1.26. The van der Waals surface area contributed by atoms with Crippen LogP contribution in [0.5, 0.6) is 0 Å². The van der Waals surface area contributed by atoms with E-state index in [1.165, 1.54) is 6.92 Å². The second-order valence-corrected chi connectivity index (χ2v) is 5.99. The normalized spacial score (nSPS) is 12.9. The molecular weight excluding hydrogens is 316 g/mol. The molecule has 0 heterocycles. The number of ether oxygens (including phenoxy) is 1. The molecule has 4 heteroatoms. The highest BCUT2D eigenvalue weighted by Crippen LogP contribution is 2.32. The summed E-state index contributed by atoms with van der Waals surface area (Å²) in [5.41, 5.74) is -0.221. The Balaban J connectivity index is 2.40. The zero-order chi connectivity index (χ0) is 18.3. The van der Waals surface area contributed by atoms with E-state index in [0.29, 0.717) is 5.56 Å². The van der Waals surface area contributed by atoms with Gasteiger partial charge in [-0.3, -0.25) is 14.4 Å². The predicted octanol–water partition coefficient (Wildman–Crippen LogP) is 3.64. The van der Waals surface area contributed by atoms with Gasteiger partial charge >= 0.3 is 5.97 Å². The smallest absolute Gasteiger partial charge is 0.320 e. The second kappa shape index (κ2) is 8.38. The third-order valence-corrected chi connectivity index (χ3v) is 4.25. The molecule has 0 saturated heterocycles. The molecule has 0 aromatic heterocycles. The number of rotatable bonds is 8. The van der Waals surface area contributed by atoms with Crippen molar-refractivity contribution >= 4 is 17.5 Å². The molecule has 25 heavy (non-hydrogen) atoms. The van der Waals surface area contributed by atoms with Crippen LogP contribution in [0.25, 0.3) is 0 Å².